The van der Waals surface area contributed by atoms with Crippen LogP contribution >= 0.6 is 0 Å². The van der Waals surface area contributed by atoms with E-state index in [0.717, 1.165) is 0 Å². The standard InChI is InChI=1S/C19H22N6O3/c26-18(15-5-3-7-20-17(15)23-11-13-28-14-12-23)21-8-4-10-25-19(27)24-9-2-1-6-16(24)22-25/h1-3,5-7,9H,4,8,10-14H2,(H,21,26). The van der Waals surface area contributed by atoms with Gasteiger partial charge in [-0.3, -0.25) is 9.20 Å². The van der Waals surface area contributed by atoms with Crippen molar-refractivity contribution in [1.82, 2.24) is 24.5 Å². The largest absolute Gasteiger partial charge is 0.378 e. The first kappa shape index (κ1) is 18.2. The number of amides is 1. The lowest BCUT2D eigenvalue weighted by atomic mass is 10.2. The van der Waals surface area contributed by atoms with Gasteiger partial charge in [0, 0.05) is 38.6 Å². The van der Waals surface area contributed by atoms with Crippen LogP contribution in [0.1, 0.15) is 16.8 Å². The van der Waals surface area contributed by atoms with Gasteiger partial charge in [0.1, 0.15) is 5.82 Å². The molecular weight excluding hydrogens is 360 g/mol. The van der Waals surface area contributed by atoms with Crippen LogP contribution in [0, 0.1) is 0 Å². The molecule has 0 unspecified atom stereocenters. The minimum absolute atomic E-state index is 0.169. The molecule has 0 radical (unpaired) electrons. The molecule has 1 fully saturated rings. The minimum atomic E-state index is -0.177. The third-order valence-corrected chi connectivity index (χ3v) is 4.66. The highest BCUT2D eigenvalue weighted by Gasteiger charge is 2.19. The van der Waals surface area contributed by atoms with Crippen LogP contribution in [-0.2, 0) is 11.3 Å². The number of fused-ring (bicyclic) bond motifs is 1. The van der Waals surface area contributed by atoms with Gasteiger partial charge in [-0.05, 0) is 30.7 Å². The number of hydrogen-bond acceptors (Lipinski definition) is 6. The van der Waals surface area contributed by atoms with Crippen LogP contribution in [0.25, 0.3) is 5.65 Å². The van der Waals surface area contributed by atoms with Gasteiger partial charge in [-0.15, -0.1) is 5.10 Å². The SMILES string of the molecule is O=C(NCCCn1nc2ccccn2c1=O)c1cccnc1N1CCOCC1. The molecule has 1 amide bonds. The lowest BCUT2D eigenvalue weighted by Crippen LogP contribution is -2.38. The van der Waals surface area contributed by atoms with E-state index in [0.29, 0.717) is 62.8 Å². The van der Waals surface area contributed by atoms with Crippen LogP contribution in [0.3, 0.4) is 0 Å². The Morgan fingerprint density at radius 2 is 2.04 bits per heavy atom. The summed E-state index contributed by atoms with van der Waals surface area (Å²) in [6.45, 7) is 3.57. The Kier molecular flexibility index (Phi) is 5.34. The average molecular weight is 382 g/mol. The highest BCUT2D eigenvalue weighted by molar-refractivity contribution is 5.98. The molecule has 1 aliphatic rings. The second kappa shape index (κ2) is 8.22. The molecule has 0 aliphatic carbocycles. The molecule has 1 saturated heterocycles. The number of rotatable bonds is 6. The molecule has 1 N–H and O–H groups in total. The lowest BCUT2D eigenvalue weighted by molar-refractivity contribution is 0.0950. The molecule has 0 saturated carbocycles. The summed E-state index contributed by atoms with van der Waals surface area (Å²) < 4.78 is 8.29. The lowest BCUT2D eigenvalue weighted by Gasteiger charge is -2.29. The Balaban J connectivity index is 1.36. The van der Waals surface area contributed by atoms with Gasteiger partial charge in [-0.1, -0.05) is 6.07 Å². The number of ether oxygens (including phenoxy) is 1. The molecule has 146 valence electrons. The fourth-order valence-electron chi connectivity index (χ4n) is 3.24. The van der Waals surface area contributed by atoms with Crippen LogP contribution in [-0.4, -0.2) is 57.9 Å². The average Bonchev–Trinajstić information content (AvgIpc) is 3.07. The van der Waals surface area contributed by atoms with E-state index >= 15 is 0 Å². The predicted octanol–water partition coefficient (Wildman–Crippen LogP) is 0.548. The Morgan fingerprint density at radius 1 is 1.18 bits per heavy atom. The summed E-state index contributed by atoms with van der Waals surface area (Å²) in [6, 6.07) is 8.96. The second-order valence-corrected chi connectivity index (χ2v) is 6.52. The third kappa shape index (κ3) is 3.74. The molecule has 4 rings (SSSR count). The van der Waals surface area contributed by atoms with Crippen molar-refractivity contribution in [3.05, 3.63) is 58.8 Å². The van der Waals surface area contributed by atoms with Gasteiger partial charge in [0.05, 0.1) is 18.8 Å². The summed E-state index contributed by atoms with van der Waals surface area (Å²) in [6.07, 6.45) is 3.98. The van der Waals surface area contributed by atoms with E-state index in [1.54, 1.807) is 36.7 Å². The van der Waals surface area contributed by atoms with E-state index in [1.807, 2.05) is 6.07 Å². The molecule has 0 bridgehead atoms. The van der Waals surface area contributed by atoms with Crippen LogP contribution in [0.2, 0.25) is 0 Å². The number of aromatic nitrogens is 4. The summed E-state index contributed by atoms with van der Waals surface area (Å²) >= 11 is 0. The Bertz CT molecular complexity index is 1020. The monoisotopic (exact) mass is 382 g/mol. The van der Waals surface area contributed by atoms with Crippen LogP contribution < -0.4 is 15.9 Å². The van der Waals surface area contributed by atoms with Gasteiger partial charge in [0.15, 0.2) is 5.65 Å². The third-order valence-electron chi connectivity index (χ3n) is 4.66. The normalized spacial score (nSPS) is 14.4. The zero-order valence-corrected chi connectivity index (χ0v) is 15.5. The van der Waals surface area contributed by atoms with Crippen molar-refractivity contribution >= 4 is 17.4 Å². The summed E-state index contributed by atoms with van der Waals surface area (Å²) in [5.74, 6) is 0.511. The van der Waals surface area contributed by atoms with E-state index < -0.39 is 0 Å². The van der Waals surface area contributed by atoms with Gasteiger partial charge < -0.3 is 15.0 Å². The predicted molar refractivity (Wildman–Crippen MR) is 104 cm³/mol. The summed E-state index contributed by atoms with van der Waals surface area (Å²) in [5.41, 5.74) is 0.986. The van der Waals surface area contributed by atoms with Crippen molar-refractivity contribution in [1.29, 1.82) is 0 Å². The number of nitrogens with zero attached hydrogens (tertiary/aromatic N) is 5. The molecule has 0 atom stereocenters. The van der Waals surface area contributed by atoms with Gasteiger partial charge in [-0.2, -0.15) is 0 Å². The van der Waals surface area contributed by atoms with Crippen molar-refractivity contribution < 1.29 is 9.53 Å². The Labute approximate surface area is 161 Å². The van der Waals surface area contributed by atoms with Crippen molar-refractivity contribution in [2.24, 2.45) is 0 Å². The minimum Gasteiger partial charge on any atom is -0.378 e. The van der Waals surface area contributed by atoms with Crippen LogP contribution in [0.15, 0.2) is 47.5 Å². The molecule has 3 aromatic rings. The van der Waals surface area contributed by atoms with Gasteiger partial charge in [0.25, 0.3) is 5.91 Å². The first-order valence-electron chi connectivity index (χ1n) is 9.34. The number of hydrogen-bond donors (Lipinski definition) is 1. The molecule has 28 heavy (non-hydrogen) atoms. The summed E-state index contributed by atoms with van der Waals surface area (Å²) in [5, 5.41) is 7.20. The molecule has 9 heteroatoms. The zero-order valence-electron chi connectivity index (χ0n) is 15.5. The first-order chi connectivity index (χ1) is 13.7. The highest BCUT2D eigenvalue weighted by Crippen LogP contribution is 2.18. The topological polar surface area (TPSA) is 93.8 Å². The molecular formula is C19H22N6O3. The molecule has 4 heterocycles. The fourth-order valence-corrected chi connectivity index (χ4v) is 3.24. The van der Waals surface area contributed by atoms with Crippen molar-refractivity contribution in [2.75, 3.05) is 37.7 Å². The van der Waals surface area contributed by atoms with E-state index in [2.05, 4.69) is 20.3 Å². The van der Waals surface area contributed by atoms with Crippen molar-refractivity contribution in [2.45, 2.75) is 13.0 Å². The number of aryl methyl sites for hydroxylation is 1. The number of morpholine rings is 1. The fraction of sp³-hybridized carbons (Fsp3) is 0.368. The maximum atomic E-state index is 12.6. The van der Waals surface area contributed by atoms with Gasteiger partial charge in [-0.25, -0.2) is 14.5 Å². The molecule has 1 aliphatic heterocycles. The number of pyridine rings is 2. The molecule has 9 nitrogen and oxygen atoms in total. The summed E-state index contributed by atoms with van der Waals surface area (Å²) in [4.78, 5) is 31.3. The van der Waals surface area contributed by atoms with E-state index in [-0.39, 0.29) is 11.6 Å². The Morgan fingerprint density at radius 3 is 2.86 bits per heavy atom. The first-order valence-corrected chi connectivity index (χ1v) is 9.34. The number of nitrogens with one attached hydrogen (secondary N) is 1. The molecule has 0 spiro atoms. The number of carbonyl (C=O) groups excluding carboxylic acids is 1. The second-order valence-electron chi connectivity index (χ2n) is 6.52. The van der Waals surface area contributed by atoms with E-state index in [4.69, 9.17) is 4.74 Å². The van der Waals surface area contributed by atoms with Crippen LogP contribution in [0.5, 0.6) is 0 Å². The maximum Gasteiger partial charge on any atom is 0.350 e. The highest BCUT2D eigenvalue weighted by atomic mass is 16.5. The zero-order chi connectivity index (χ0) is 19.3. The number of anilines is 1. The van der Waals surface area contributed by atoms with Crippen LogP contribution in [0.4, 0.5) is 5.82 Å². The Hall–Kier alpha value is -3.20. The number of carbonyl (C=O) groups is 1. The van der Waals surface area contributed by atoms with Crippen molar-refractivity contribution in [3.8, 4) is 0 Å². The van der Waals surface area contributed by atoms with Gasteiger partial charge in [0.2, 0.25) is 0 Å². The molecule has 3 aromatic heterocycles. The van der Waals surface area contributed by atoms with Crippen molar-refractivity contribution in [3.63, 3.8) is 0 Å². The quantitative estimate of drug-likeness (QED) is 0.626. The smallest absolute Gasteiger partial charge is 0.350 e. The van der Waals surface area contributed by atoms with E-state index in [1.165, 1.54) is 9.08 Å². The van der Waals surface area contributed by atoms with Gasteiger partial charge >= 0.3 is 5.69 Å². The molecule has 0 aromatic carbocycles. The maximum absolute atomic E-state index is 12.6. The van der Waals surface area contributed by atoms with E-state index in [9.17, 15) is 9.59 Å². The summed E-state index contributed by atoms with van der Waals surface area (Å²) in [7, 11) is 0.